The average molecular weight is 343 g/mol. The number of ether oxygens (including phenoxy) is 1. The lowest BCUT2D eigenvalue weighted by Gasteiger charge is -2.26. The summed E-state index contributed by atoms with van der Waals surface area (Å²) in [6.45, 7) is 3.82. The molecule has 1 aromatic heterocycles. The number of anilines is 1. The van der Waals surface area contributed by atoms with Crippen molar-refractivity contribution in [1.29, 1.82) is 0 Å². The Kier molecular flexibility index (Phi) is 4.12. The lowest BCUT2D eigenvalue weighted by Crippen LogP contribution is -2.36. The number of benzene rings is 1. The fourth-order valence-electron chi connectivity index (χ4n) is 2.26. The standard InChI is InChI=1S/C14H15ClN2O4S/c1-10-16-13(14(21-10)17-6-8-20-9-7-17)22(18,19)12-4-2-11(15)3-5-12/h2-5H,6-9H2,1H3. The number of sulfone groups is 1. The van der Waals surface area contributed by atoms with Crippen molar-refractivity contribution in [3.05, 3.63) is 35.2 Å². The SMILES string of the molecule is Cc1nc(S(=O)(=O)c2ccc(Cl)cc2)c(N2CCOCC2)o1. The van der Waals surface area contributed by atoms with Crippen LogP contribution in [0.5, 0.6) is 0 Å². The second-order valence-electron chi connectivity index (χ2n) is 4.90. The molecule has 0 atom stereocenters. The summed E-state index contributed by atoms with van der Waals surface area (Å²) in [4.78, 5) is 6.06. The molecule has 0 amide bonds. The van der Waals surface area contributed by atoms with Crippen molar-refractivity contribution in [2.75, 3.05) is 31.2 Å². The molecule has 6 nitrogen and oxygen atoms in total. The van der Waals surface area contributed by atoms with Crippen molar-refractivity contribution in [3.8, 4) is 0 Å². The minimum atomic E-state index is -3.76. The lowest BCUT2D eigenvalue weighted by molar-refractivity contribution is 0.120. The third-order valence-electron chi connectivity index (χ3n) is 3.36. The maximum atomic E-state index is 12.8. The minimum absolute atomic E-state index is 0.0609. The Hall–Kier alpha value is -1.57. The van der Waals surface area contributed by atoms with E-state index in [1.165, 1.54) is 24.3 Å². The number of hydrogen-bond acceptors (Lipinski definition) is 6. The minimum Gasteiger partial charge on any atom is -0.424 e. The van der Waals surface area contributed by atoms with E-state index in [4.69, 9.17) is 20.8 Å². The number of nitrogens with zero attached hydrogens (tertiary/aromatic N) is 2. The van der Waals surface area contributed by atoms with Gasteiger partial charge in [0.05, 0.1) is 18.1 Å². The molecule has 1 aliphatic rings. The highest BCUT2D eigenvalue weighted by atomic mass is 35.5. The predicted octanol–water partition coefficient (Wildman–Crippen LogP) is 2.31. The third-order valence-corrected chi connectivity index (χ3v) is 5.28. The third kappa shape index (κ3) is 2.84. The Balaban J connectivity index is 2.05. The maximum Gasteiger partial charge on any atom is 0.236 e. The Morgan fingerprint density at radius 3 is 2.45 bits per heavy atom. The second kappa shape index (κ2) is 5.91. The van der Waals surface area contributed by atoms with Gasteiger partial charge < -0.3 is 14.1 Å². The van der Waals surface area contributed by atoms with Crippen LogP contribution in [0.4, 0.5) is 5.88 Å². The molecule has 1 aromatic carbocycles. The van der Waals surface area contributed by atoms with Gasteiger partial charge >= 0.3 is 0 Å². The van der Waals surface area contributed by atoms with Crippen LogP contribution in [-0.2, 0) is 14.6 Å². The van der Waals surface area contributed by atoms with Gasteiger partial charge in [-0.2, -0.15) is 4.98 Å². The van der Waals surface area contributed by atoms with Crippen LogP contribution < -0.4 is 4.90 Å². The summed E-state index contributed by atoms with van der Waals surface area (Å²) in [5.41, 5.74) is 0. The van der Waals surface area contributed by atoms with Gasteiger partial charge in [0.25, 0.3) is 0 Å². The van der Waals surface area contributed by atoms with E-state index < -0.39 is 9.84 Å². The highest BCUT2D eigenvalue weighted by Crippen LogP contribution is 2.31. The molecular formula is C14H15ClN2O4S. The Bertz CT molecular complexity index is 765. The Labute approximate surface area is 133 Å². The molecule has 22 heavy (non-hydrogen) atoms. The zero-order valence-corrected chi connectivity index (χ0v) is 13.5. The normalized spacial score (nSPS) is 16.0. The highest BCUT2D eigenvalue weighted by molar-refractivity contribution is 7.91. The first-order chi connectivity index (χ1) is 10.5. The second-order valence-corrected chi connectivity index (χ2v) is 7.20. The Morgan fingerprint density at radius 1 is 1.18 bits per heavy atom. The molecule has 2 heterocycles. The number of oxazole rings is 1. The van der Waals surface area contributed by atoms with Crippen LogP contribution >= 0.6 is 11.6 Å². The van der Waals surface area contributed by atoms with Gasteiger partial charge in [-0.3, -0.25) is 0 Å². The van der Waals surface area contributed by atoms with Gasteiger partial charge in [0, 0.05) is 25.0 Å². The van der Waals surface area contributed by atoms with Crippen LogP contribution in [0, 0.1) is 6.92 Å². The van der Waals surface area contributed by atoms with Crippen LogP contribution in [-0.4, -0.2) is 39.7 Å². The van der Waals surface area contributed by atoms with Crippen LogP contribution in [0.15, 0.2) is 38.6 Å². The number of halogens is 1. The molecule has 0 spiro atoms. The zero-order chi connectivity index (χ0) is 15.7. The van der Waals surface area contributed by atoms with Gasteiger partial charge in [0.15, 0.2) is 5.89 Å². The molecule has 118 valence electrons. The molecule has 1 saturated heterocycles. The number of rotatable bonds is 3. The molecule has 0 N–H and O–H groups in total. The first-order valence-corrected chi connectivity index (χ1v) is 8.65. The van der Waals surface area contributed by atoms with E-state index >= 15 is 0 Å². The summed E-state index contributed by atoms with van der Waals surface area (Å²) in [7, 11) is -3.76. The van der Waals surface area contributed by atoms with E-state index in [1.807, 2.05) is 4.90 Å². The summed E-state index contributed by atoms with van der Waals surface area (Å²) in [5, 5.41) is 0.415. The van der Waals surface area contributed by atoms with Crippen LogP contribution in [0.1, 0.15) is 5.89 Å². The number of aryl methyl sites for hydroxylation is 1. The largest absolute Gasteiger partial charge is 0.424 e. The van der Waals surface area contributed by atoms with Crippen molar-refractivity contribution < 1.29 is 17.6 Å². The van der Waals surface area contributed by atoms with E-state index in [2.05, 4.69) is 4.98 Å². The molecule has 1 aliphatic heterocycles. The van der Waals surface area contributed by atoms with Crippen molar-refractivity contribution in [2.24, 2.45) is 0 Å². The van der Waals surface area contributed by atoms with Gasteiger partial charge in [-0.05, 0) is 24.3 Å². The number of aromatic nitrogens is 1. The predicted molar refractivity (Wildman–Crippen MR) is 81.2 cm³/mol. The summed E-state index contributed by atoms with van der Waals surface area (Å²) < 4.78 is 36.4. The van der Waals surface area contributed by atoms with E-state index in [-0.39, 0.29) is 15.8 Å². The van der Waals surface area contributed by atoms with Crippen LogP contribution in [0.25, 0.3) is 0 Å². The molecule has 0 unspecified atom stereocenters. The molecular weight excluding hydrogens is 328 g/mol. The molecule has 0 radical (unpaired) electrons. The van der Waals surface area contributed by atoms with Gasteiger partial charge in [-0.1, -0.05) is 11.6 Å². The monoisotopic (exact) mass is 342 g/mol. The van der Waals surface area contributed by atoms with Crippen molar-refractivity contribution in [1.82, 2.24) is 4.98 Å². The summed E-state index contributed by atoms with van der Waals surface area (Å²) >= 11 is 5.81. The van der Waals surface area contributed by atoms with E-state index in [0.29, 0.717) is 37.2 Å². The maximum absolute atomic E-state index is 12.8. The van der Waals surface area contributed by atoms with Crippen LogP contribution in [0.3, 0.4) is 0 Å². The van der Waals surface area contributed by atoms with Crippen LogP contribution in [0.2, 0.25) is 5.02 Å². The lowest BCUT2D eigenvalue weighted by atomic mass is 10.4. The first kappa shape index (κ1) is 15.3. The number of morpholine rings is 1. The van der Waals surface area contributed by atoms with E-state index in [1.54, 1.807) is 6.92 Å². The molecule has 3 rings (SSSR count). The average Bonchev–Trinajstić information content (AvgIpc) is 2.91. The van der Waals surface area contributed by atoms with Gasteiger partial charge in [-0.25, -0.2) is 8.42 Å². The Morgan fingerprint density at radius 2 is 1.82 bits per heavy atom. The molecule has 0 aliphatic carbocycles. The van der Waals surface area contributed by atoms with Gasteiger partial charge in [0.2, 0.25) is 20.7 Å². The van der Waals surface area contributed by atoms with Crippen molar-refractivity contribution in [2.45, 2.75) is 16.8 Å². The van der Waals surface area contributed by atoms with Crippen molar-refractivity contribution >= 4 is 27.3 Å². The molecule has 1 fully saturated rings. The molecule has 0 saturated carbocycles. The molecule has 2 aromatic rings. The topological polar surface area (TPSA) is 72.6 Å². The fourth-order valence-corrected chi connectivity index (χ4v) is 3.76. The molecule has 0 bridgehead atoms. The highest BCUT2D eigenvalue weighted by Gasteiger charge is 2.30. The summed E-state index contributed by atoms with van der Waals surface area (Å²) in [6, 6.07) is 6.00. The van der Waals surface area contributed by atoms with E-state index in [0.717, 1.165) is 0 Å². The van der Waals surface area contributed by atoms with Gasteiger partial charge in [0.1, 0.15) is 0 Å². The first-order valence-electron chi connectivity index (χ1n) is 6.79. The number of hydrogen-bond donors (Lipinski definition) is 0. The zero-order valence-electron chi connectivity index (χ0n) is 12.0. The van der Waals surface area contributed by atoms with Crippen molar-refractivity contribution in [3.63, 3.8) is 0 Å². The van der Waals surface area contributed by atoms with E-state index in [9.17, 15) is 8.42 Å². The summed E-state index contributed by atoms with van der Waals surface area (Å²) in [5.74, 6) is 0.588. The quantitative estimate of drug-likeness (QED) is 0.852. The fraction of sp³-hybridized carbons (Fsp3) is 0.357. The smallest absolute Gasteiger partial charge is 0.236 e. The van der Waals surface area contributed by atoms with Gasteiger partial charge in [-0.15, -0.1) is 0 Å². The molecule has 8 heteroatoms. The summed E-state index contributed by atoms with van der Waals surface area (Å²) in [6.07, 6.45) is 0.